The average molecular weight is 328 g/mol. The van der Waals surface area contributed by atoms with Crippen LogP contribution in [0.4, 0.5) is 0 Å². The molecule has 24 heavy (non-hydrogen) atoms. The minimum Gasteiger partial charge on any atom is -0.493 e. The van der Waals surface area contributed by atoms with Crippen LogP contribution < -0.4 is 4.74 Å². The Morgan fingerprint density at radius 3 is 2.62 bits per heavy atom. The van der Waals surface area contributed by atoms with Crippen LogP contribution in [-0.4, -0.2) is 17.7 Å². The fourth-order valence-electron chi connectivity index (χ4n) is 4.61. The van der Waals surface area contributed by atoms with Gasteiger partial charge in [0.15, 0.2) is 0 Å². The molecular weight excluding hydrogens is 300 g/mol. The molecule has 0 saturated heterocycles. The number of carboxylic acid groups (broad SMARTS) is 1. The summed E-state index contributed by atoms with van der Waals surface area (Å²) in [6.07, 6.45) is 11.6. The molecule has 0 spiro atoms. The van der Waals surface area contributed by atoms with E-state index in [9.17, 15) is 4.79 Å². The van der Waals surface area contributed by atoms with Gasteiger partial charge in [0.05, 0.1) is 6.61 Å². The van der Waals surface area contributed by atoms with Crippen LogP contribution in [0.5, 0.6) is 5.75 Å². The first-order valence-corrected chi connectivity index (χ1v) is 9.28. The van der Waals surface area contributed by atoms with E-state index in [0.29, 0.717) is 5.92 Å². The van der Waals surface area contributed by atoms with Crippen molar-refractivity contribution < 1.29 is 14.6 Å². The van der Waals surface area contributed by atoms with Crippen molar-refractivity contribution in [1.82, 2.24) is 0 Å². The maximum atomic E-state index is 10.5. The average Bonchev–Trinajstić information content (AvgIpc) is 3.18. The molecule has 2 aliphatic carbocycles. The van der Waals surface area contributed by atoms with Gasteiger partial charge in [0.2, 0.25) is 0 Å². The van der Waals surface area contributed by atoms with Crippen molar-refractivity contribution in [2.75, 3.05) is 6.61 Å². The zero-order valence-corrected chi connectivity index (χ0v) is 14.3. The van der Waals surface area contributed by atoms with E-state index in [4.69, 9.17) is 9.84 Å². The van der Waals surface area contributed by atoms with Gasteiger partial charge in [-0.05, 0) is 74.3 Å². The van der Waals surface area contributed by atoms with Crippen molar-refractivity contribution in [2.24, 2.45) is 23.7 Å². The Morgan fingerprint density at radius 1 is 1.12 bits per heavy atom. The van der Waals surface area contributed by atoms with E-state index in [0.717, 1.165) is 49.4 Å². The van der Waals surface area contributed by atoms with Gasteiger partial charge in [0.25, 0.3) is 0 Å². The van der Waals surface area contributed by atoms with E-state index >= 15 is 0 Å². The number of para-hydroxylation sites is 1. The van der Waals surface area contributed by atoms with Crippen molar-refractivity contribution in [2.45, 2.75) is 44.9 Å². The number of aliphatic carboxylic acids is 1. The van der Waals surface area contributed by atoms with Crippen LogP contribution in [0.25, 0.3) is 0 Å². The Hall–Kier alpha value is -1.77. The third-order valence-electron chi connectivity index (χ3n) is 5.80. The first kappa shape index (κ1) is 17.1. The summed E-state index contributed by atoms with van der Waals surface area (Å²) in [7, 11) is 0. The monoisotopic (exact) mass is 328 g/mol. The van der Waals surface area contributed by atoms with Gasteiger partial charge in [-0.1, -0.05) is 30.4 Å². The molecule has 0 aromatic heterocycles. The van der Waals surface area contributed by atoms with Gasteiger partial charge in [-0.15, -0.1) is 0 Å². The number of carbonyl (C=O) groups is 1. The Bertz CT molecular complexity index is 551. The number of rotatable bonds is 9. The van der Waals surface area contributed by atoms with Crippen molar-refractivity contribution in [3.8, 4) is 5.75 Å². The topological polar surface area (TPSA) is 46.5 Å². The Kier molecular flexibility index (Phi) is 5.95. The number of hydrogen-bond acceptors (Lipinski definition) is 2. The largest absolute Gasteiger partial charge is 0.493 e. The van der Waals surface area contributed by atoms with Gasteiger partial charge >= 0.3 is 5.97 Å². The highest BCUT2D eigenvalue weighted by Gasteiger charge is 2.46. The molecule has 3 rings (SSSR count). The van der Waals surface area contributed by atoms with Crippen molar-refractivity contribution in [3.05, 3.63) is 42.5 Å². The van der Waals surface area contributed by atoms with Gasteiger partial charge in [-0.25, -0.2) is 0 Å². The quantitative estimate of drug-likeness (QED) is 0.516. The highest BCUT2D eigenvalue weighted by molar-refractivity contribution is 5.66. The lowest BCUT2D eigenvalue weighted by Crippen LogP contribution is -2.27. The van der Waals surface area contributed by atoms with Crippen LogP contribution in [0, 0.1) is 23.7 Å². The lowest BCUT2D eigenvalue weighted by Gasteiger charge is -2.30. The summed E-state index contributed by atoms with van der Waals surface area (Å²) in [4.78, 5) is 10.5. The Morgan fingerprint density at radius 2 is 1.88 bits per heavy atom. The third kappa shape index (κ3) is 4.40. The van der Waals surface area contributed by atoms with Crippen LogP contribution in [0.2, 0.25) is 0 Å². The third-order valence-corrected chi connectivity index (χ3v) is 5.80. The first-order valence-electron chi connectivity index (χ1n) is 9.28. The van der Waals surface area contributed by atoms with Crippen LogP contribution in [0.3, 0.4) is 0 Å². The number of allylic oxidation sites excluding steroid dienone is 2. The van der Waals surface area contributed by atoms with Crippen LogP contribution in [-0.2, 0) is 4.79 Å². The molecule has 2 fully saturated rings. The molecule has 1 aromatic carbocycles. The van der Waals surface area contributed by atoms with E-state index in [1.807, 2.05) is 30.3 Å². The van der Waals surface area contributed by atoms with E-state index in [1.165, 1.54) is 19.3 Å². The molecule has 130 valence electrons. The van der Waals surface area contributed by atoms with Gasteiger partial charge in [0.1, 0.15) is 5.75 Å². The molecule has 0 heterocycles. The summed E-state index contributed by atoms with van der Waals surface area (Å²) in [5.74, 6) is 3.39. The normalized spacial score (nSPS) is 28.5. The summed E-state index contributed by atoms with van der Waals surface area (Å²) in [6, 6.07) is 10.1. The molecule has 2 saturated carbocycles. The standard InChI is InChI=1S/C21H28O3/c22-21(23)11-7-2-1-6-10-19-16-12-13-17(14-16)20(19)15-24-18-8-4-3-5-9-18/h1,3-6,8-9,16-17,19-20H,2,7,10-15H2,(H,22,23)/b6-1-/t16-,17+,19-,20+/m0/s1. The van der Waals surface area contributed by atoms with E-state index in [-0.39, 0.29) is 6.42 Å². The summed E-state index contributed by atoms with van der Waals surface area (Å²) in [5, 5.41) is 8.66. The molecule has 0 amide bonds. The molecule has 0 unspecified atom stereocenters. The molecule has 3 heteroatoms. The van der Waals surface area contributed by atoms with Crippen LogP contribution in [0.1, 0.15) is 44.9 Å². The molecule has 0 aliphatic heterocycles. The highest BCUT2D eigenvalue weighted by Crippen LogP contribution is 2.53. The fraction of sp³-hybridized carbons (Fsp3) is 0.571. The van der Waals surface area contributed by atoms with Gasteiger partial charge in [-0.3, -0.25) is 4.79 Å². The van der Waals surface area contributed by atoms with Crippen molar-refractivity contribution >= 4 is 5.97 Å². The Balaban J connectivity index is 1.47. The molecule has 4 atom stereocenters. The SMILES string of the molecule is O=C(O)CCC/C=C\C[C@H]1[C@H]2CC[C@H](C2)[C@H]1COc1ccccc1. The first-order chi connectivity index (χ1) is 11.7. The second-order valence-electron chi connectivity index (χ2n) is 7.28. The van der Waals surface area contributed by atoms with E-state index in [1.54, 1.807) is 0 Å². The van der Waals surface area contributed by atoms with Crippen molar-refractivity contribution in [3.63, 3.8) is 0 Å². The summed E-state index contributed by atoms with van der Waals surface area (Å²) < 4.78 is 6.05. The maximum Gasteiger partial charge on any atom is 0.303 e. The molecular formula is C21H28O3. The lowest BCUT2D eigenvalue weighted by atomic mass is 9.78. The zero-order chi connectivity index (χ0) is 16.8. The fourth-order valence-corrected chi connectivity index (χ4v) is 4.61. The van der Waals surface area contributed by atoms with Gasteiger partial charge in [0, 0.05) is 6.42 Å². The van der Waals surface area contributed by atoms with Crippen LogP contribution in [0.15, 0.2) is 42.5 Å². The molecule has 1 N–H and O–H groups in total. The second kappa shape index (κ2) is 8.36. The summed E-state index contributed by atoms with van der Waals surface area (Å²) in [6.45, 7) is 0.836. The highest BCUT2D eigenvalue weighted by atomic mass is 16.5. The predicted molar refractivity (Wildman–Crippen MR) is 95.0 cm³/mol. The molecule has 2 aliphatic rings. The molecule has 3 nitrogen and oxygen atoms in total. The molecule has 2 bridgehead atoms. The number of unbranched alkanes of at least 4 members (excludes halogenated alkanes) is 1. The summed E-state index contributed by atoms with van der Waals surface area (Å²) in [5.41, 5.74) is 0. The second-order valence-corrected chi connectivity index (χ2v) is 7.28. The smallest absolute Gasteiger partial charge is 0.303 e. The van der Waals surface area contributed by atoms with Crippen molar-refractivity contribution in [1.29, 1.82) is 0 Å². The lowest BCUT2D eigenvalue weighted by molar-refractivity contribution is -0.137. The maximum absolute atomic E-state index is 10.5. The van der Waals surface area contributed by atoms with E-state index < -0.39 is 5.97 Å². The number of ether oxygens (including phenoxy) is 1. The molecule has 1 aromatic rings. The number of carboxylic acids is 1. The number of benzene rings is 1. The minimum absolute atomic E-state index is 0.270. The summed E-state index contributed by atoms with van der Waals surface area (Å²) >= 11 is 0. The number of hydrogen-bond donors (Lipinski definition) is 1. The Labute approximate surface area is 144 Å². The van der Waals surface area contributed by atoms with Gasteiger partial charge in [-0.2, -0.15) is 0 Å². The number of fused-ring (bicyclic) bond motifs is 2. The van der Waals surface area contributed by atoms with Crippen LogP contribution >= 0.6 is 0 Å². The minimum atomic E-state index is -0.699. The zero-order valence-electron chi connectivity index (χ0n) is 14.3. The predicted octanol–water partition coefficient (Wildman–Crippen LogP) is 4.93. The van der Waals surface area contributed by atoms with E-state index in [2.05, 4.69) is 12.2 Å². The van der Waals surface area contributed by atoms with Gasteiger partial charge < -0.3 is 9.84 Å². The molecule has 0 radical (unpaired) electrons.